The number of aryl methyl sites for hydroxylation is 2. The molecule has 48 heavy (non-hydrogen) atoms. The molecule has 1 saturated carbocycles. The van der Waals surface area contributed by atoms with Crippen molar-refractivity contribution in [2.75, 3.05) is 24.5 Å². The minimum Gasteiger partial charge on any atom is -0.337 e. The third-order valence-electron chi connectivity index (χ3n) is 10.4. The highest BCUT2D eigenvalue weighted by Gasteiger charge is 2.49. The molecule has 4 atom stereocenters. The summed E-state index contributed by atoms with van der Waals surface area (Å²) in [5.41, 5.74) is 4.29. The van der Waals surface area contributed by atoms with Gasteiger partial charge < -0.3 is 14.8 Å². The lowest BCUT2D eigenvalue weighted by molar-refractivity contribution is 0.165. The van der Waals surface area contributed by atoms with Crippen LogP contribution in [-0.2, 0) is 6.42 Å². The van der Waals surface area contributed by atoms with E-state index in [1.54, 1.807) is 35.4 Å². The molecule has 2 aromatic carbocycles. The van der Waals surface area contributed by atoms with E-state index < -0.39 is 5.82 Å². The lowest BCUT2D eigenvalue weighted by Gasteiger charge is -2.42. The SMILES string of the molecule is Cc1nc2c(F)c(-c3cccc(Cl)c3Cl)c(CCC#N)cc2c2c1cc([C@@H](C)N1CCCN(c3ccncn3)C1=O)n2[C@H]1[C@H]2CN[C@@H]1C2. The van der Waals surface area contributed by atoms with Crippen molar-refractivity contribution in [2.24, 2.45) is 5.92 Å². The van der Waals surface area contributed by atoms with Crippen LogP contribution >= 0.6 is 23.2 Å². The average Bonchev–Trinajstić information content (AvgIpc) is 3.83. The Labute approximate surface area is 287 Å². The Morgan fingerprint density at radius 2 is 2.04 bits per heavy atom. The van der Waals surface area contributed by atoms with Crippen LogP contribution in [0.15, 0.2) is 48.9 Å². The van der Waals surface area contributed by atoms with Crippen molar-refractivity contribution in [2.45, 2.75) is 57.7 Å². The molecule has 4 aliphatic rings. The summed E-state index contributed by atoms with van der Waals surface area (Å²) in [6.45, 7) is 6.08. The third kappa shape index (κ3) is 4.74. The van der Waals surface area contributed by atoms with E-state index >= 15 is 4.39 Å². The average molecular weight is 684 g/mol. The molecule has 4 fully saturated rings. The van der Waals surface area contributed by atoms with Gasteiger partial charge in [0.25, 0.3) is 0 Å². The number of anilines is 1. The van der Waals surface area contributed by atoms with Gasteiger partial charge in [-0.25, -0.2) is 24.1 Å². The smallest absolute Gasteiger partial charge is 0.326 e. The Balaban J connectivity index is 1.35. The van der Waals surface area contributed by atoms with Gasteiger partial charge in [0.1, 0.15) is 17.7 Å². The minimum atomic E-state index is -0.488. The summed E-state index contributed by atoms with van der Waals surface area (Å²) in [6, 6.07) is 13.3. The second-order valence-electron chi connectivity index (χ2n) is 13.0. The number of hydrogen-bond acceptors (Lipinski definition) is 6. The molecule has 3 aliphatic heterocycles. The predicted octanol–water partition coefficient (Wildman–Crippen LogP) is 7.78. The van der Waals surface area contributed by atoms with Gasteiger partial charge in [0, 0.05) is 71.6 Å². The Morgan fingerprint density at radius 1 is 1.19 bits per heavy atom. The van der Waals surface area contributed by atoms with E-state index in [4.69, 9.17) is 28.2 Å². The van der Waals surface area contributed by atoms with E-state index in [-0.39, 0.29) is 41.1 Å². The molecule has 6 heterocycles. The molecule has 0 radical (unpaired) electrons. The number of carbonyl (C=O) groups is 1. The van der Waals surface area contributed by atoms with Crippen LogP contribution < -0.4 is 10.2 Å². The summed E-state index contributed by atoms with van der Waals surface area (Å²) in [6.07, 6.45) is 5.51. The van der Waals surface area contributed by atoms with Gasteiger partial charge in [-0.05, 0) is 68.9 Å². The van der Waals surface area contributed by atoms with Gasteiger partial charge in [-0.15, -0.1) is 0 Å². The number of nitrogens with one attached hydrogen (secondary N) is 1. The number of nitrogens with zero attached hydrogens (tertiary/aromatic N) is 7. The lowest BCUT2D eigenvalue weighted by Crippen LogP contribution is -2.51. The van der Waals surface area contributed by atoms with Crippen LogP contribution in [0.5, 0.6) is 0 Å². The molecule has 2 bridgehead atoms. The van der Waals surface area contributed by atoms with Gasteiger partial charge in [-0.2, -0.15) is 5.26 Å². The van der Waals surface area contributed by atoms with Crippen molar-refractivity contribution in [3.05, 3.63) is 81.7 Å². The Hall–Kier alpha value is -4.30. The molecule has 244 valence electrons. The minimum absolute atomic E-state index is 0.105. The highest BCUT2D eigenvalue weighted by Crippen LogP contribution is 2.50. The van der Waals surface area contributed by atoms with Crippen LogP contribution in [0.3, 0.4) is 0 Å². The van der Waals surface area contributed by atoms with E-state index in [0.717, 1.165) is 36.0 Å². The Morgan fingerprint density at radius 3 is 2.77 bits per heavy atom. The highest BCUT2D eigenvalue weighted by atomic mass is 35.5. The first kappa shape index (κ1) is 31.0. The molecule has 3 aromatic heterocycles. The van der Waals surface area contributed by atoms with Crippen molar-refractivity contribution in [1.82, 2.24) is 29.7 Å². The first-order chi connectivity index (χ1) is 23.3. The van der Waals surface area contributed by atoms with Crippen LogP contribution in [0.1, 0.15) is 55.2 Å². The topological polar surface area (TPSA) is 103 Å². The maximum atomic E-state index is 17.0. The molecule has 12 heteroatoms. The van der Waals surface area contributed by atoms with Crippen molar-refractivity contribution in [1.29, 1.82) is 5.26 Å². The van der Waals surface area contributed by atoms with Crippen LogP contribution in [0, 0.1) is 30.0 Å². The molecular weight excluding hydrogens is 650 g/mol. The van der Waals surface area contributed by atoms with Crippen molar-refractivity contribution in [3.8, 4) is 17.2 Å². The zero-order chi connectivity index (χ0) is 33.3. The lowest BCUT2D eigenvalue weighted by atomic mass is 9.79. The summed E-state index contributed by atoms with van der Waals surface area (Å²) < 4.78 is 19.4. The monoisotopic (exact) mass is 682 g/mol. The number of nitriles is 1. The molecule has 0 spiro atoms. The van der Waals surface area contributed by atoms with Crippen molar-refractivity contribution in [3.63, 3.8) is 0 Å². The number of halogens is 3. The van der Waals surface area contributed by atoms with Crippen LogP contribution in [0.4, 0.5) is 15.0 Å². The van der Waals surface area contributed by atoms with E-state index in [1.165, 1.54) is 6.33 Å². The molecule has 1 aliphatic carbocycles. The second kappa shape index (κ2) is 12.0. The van der Waals surface area contributed by atoms with Crippen molar-refractivity contribution >= 4 is 56.9 Å². The quantitative estimate of drug-likeness (QED) is 0.188. The number of hydrogen-bond donors (Lipinski definition) is 1. The molecule has 5 aromatic rings. The summed E-state index contributed by atoms with van der Waals surface area (Å²) in [7, 11) is 0. The summed E-state index contributed by atoms with van der Waals surface area (Å²) in [5.74, 6) is 0.510. The fraction of sp³-hybridized carbons (Fsp3) is 0.361. The van der Waals surface area contributed by atoms with Gasteiger partial charge >= 0.3 is 6.03 Å². The maximum absolute atomic E-state index is 17.0. The summed E-state index contributed by atoms with van der Waals surface area (Å²) in [5, 5.41) is 15.4. The number of urea groups is 1. The number of aromatic nitrogens is 4. The van der Waals surface area contributed by atoms with Gasteiger partial charge in [-0.1, -0.05) is 35.3 Å². The molecule has 9 nitrogen and oxygen atoms in total. The molecular formula is C36H33Cl2FN8O. The predicted molar refractivity (Wildman–Crippen MR) is 185 cm³/mol. The van der Waals surface area contributed by atoms with Gasteiger partial charge in [0.2, 0.25) is 0 Å². The third-order valence-corrected chi connectivity index (χ3v) is 11.2. The first-order valence-corrected chi connectivity index (χ1v) is 17.1. The number of carbonyl (C=O) groups excluding carboxylic acids is 1. The van der Waals surface area contributed by atoms with Crippen LogP contribution in [0.25, 0.3) is 32.9 Å². The Kier molecular flexibility index (Phi) is 7.74. The zero-order valence-corrected chi connectivity index (χ0v) is 28.1. The standard InChI is InChI=1S/C36H33Cl2FN8O/c1-19-24-16-28(20(2)45-12-5-13-46(36(45)48)29-9-11-41-18-43-29)47(34-22-15-27(34)42-17-22)35(24)25-14-21(6-4-10-40)30(32(39)33(25)44-19)23-7-3-8-26(37)31(23)38/h3,7-9,11,14,16,18,20,22,27,34,42H,4-6,12-13,15,17H2,1-2H3/t20-,22-,27-,34+/m1/s1. The van der Waals surface area contributed by atoms with E-state index in [2.05, 4.69) is 38.9 Å². The number of fused-ring (bicyclic) bond motifs is 4. The van der Waals surface area contributed by atoms with Crippen LogP contribution in [0.2, 0.25) is 10.0 Å². The normalized spacial score (nSPS) is 21.2. The first-order valence-electron chi connectivity index (χ1n) is 16.3. The molecule has 9 rings (SSSR count). The van der Waals surface area contributed by atoms with Crippen molar-refractivity contribution < 1.29 is 9.18 Å². The maximum Gasteiger partial charge on any atom is 0.326 e. The number of benzene rings is 2. The number of pyridine rings is 1. The van der Waals surface area contributed by atoms with Gasteiger partial charge in [0.05, 0.1) is 33.7 Å². The molecule has 1 N–H and O–H groups in total. The summed E-state index contributed by atoms with van der Waals surface area (Å²) >= 11 is 13.0. The molecule has 2 amide bonds. The molecule has 0 unspecified atom stereocenters. The van der Waals surface area contributed by atoms with E-state index in [1.807, 2.05) is 17.9 Å². The van der Waals surface area contributed by atoms with E-state index in [0.29, 0.717) is 64.0 Å². The number of amides is 2. The van der Waals surface area contributed by atoms with E-state index in [9.17, 15) is 10.1 Å². The zero-order valence-electron chi connectivity index (χ0n) is 26.6. The Bertz CT molecular complexity index is 2130. The second-order valence-corrected chi connectivity index (χ2v) is 13.8. The van der Waals surface area contributed by atoms with Gasteiger partial charge in [0.15, 0.2) is 5.82 Å². The molecule has 3 saturated heterocycles. The van der Waals surface area contributed by atoms with Crippen LogP contribution in [-0.4, -0.2) is 56.1 Å². The highest BCUT2D eigenvalue weighted by molar-refractivity contribution is 6.43. The fourth-order valence-electron chi connectivity index (χ4n) is 8.08. The van der Waals surface area contributed by atoms with Gasteiger partial charge in [-0.3, -0.25) is 4.90 Å². The largest absolute Gasteiger partial charge is 0.337 e. The fourth-order valence-corrected chi connectivity index (χ4v) is 8.48. The summed E-state index contributed by atoms with van der Waals surface area (Å²) in [4.78, 5) is 30.9. The number of rotatable bonds is 7.